The largest absolute Gasteiger partial charge is 0.480 e. The summed E-state index contributed by atoms with van der Waals surface area (Å²) in [6.07, 6.45) is 5.30. The quantitative estimate of drug-likeness (QED) is 0.0333. The Balaban J connectivity index is 0. The number of amides is 4. The molecule has 13 nitrogen and oxygen atoms in total. The maximum atomic E-state index is 13.2. The molecule has 0 aromatic heterocycles. The number of halogens is 5. The molecule has 3 aliphatic rings. The van der Waals surface area contributed by atoms with Crippen molar-refractivity contribution in [3.63, 3.8) is 0 Å². The van der Waals surface area contributed by atoms with Gasteiger partial charge in [0.15, 0.2) is 0 Å². The van der Waals surface area contributed by atoms with Gasteiger partial charge < -0.3 is 31.0 Å². The lowest BCUT2D eigenvalue weighted by Gasteiger charge is -2.30. The normalized spacial score (nSPS) is 18.6. The topological polar surface area (TPSA) is 194 Å². The molecule has 5 N–H and O–H groups in total. The number of carboxylic acids is 1. The molecule has 4 unspecified atom stereocenters. The van der Waals surface area contributed by atoms with E-state index < -0.39 is 81.4 Å². The smallest absolute Gasteiger partial charge is 0.338 e. The van der Waals surface area contributed by atoms with Crippen molar-refractivity contribution in [1.82, 2.24) is 15.7 Å². The molecule has 4 amide bonds. The number of hydroxylamine groups is 2. The summed E-state index contributed by atoms with van der Waals surface area (Å²) in [5.41, 5.74) is 3.42. The van der Waals surface area contributed by atoms with E-state index >= 15 is 0 Å². The van der Waals surface area contributed by atoms with Crippen LogP contribution in [0.15, 0.2) is 0 Å². The van der Waals surface area contributed by atoms with Crippen LogP contribution in [0.1, 0.15) is 131 Å². The highest BCUT2D eigenvalue weighted by molar-refractivity contribution is 8.00. The molecule has 3 heterocycles. The number of esters is 1. The summed E-state index contributed by atoms with van der Waals surface area (Å²) in [5.74, 6) is -12.5. The molecular formula is C43H67F5N4O9S. The molecule has 0 aliphatic carbocycles. The van der Waals surface area contributed by atoms with Crippen molar-refractivity contribution < 1.29 is 65.4 Å². The molecule has 354 valence electrons. The first-order valence-electron chi connectivity index (χ1n) is 19.8. The van der Waals surface area contributed by atoms with E-state index in [1.165, 1.54) is 20.8 Å². The van der Waals surface area contributed by atoms with Crippen molar-refractivity contribution in [1.29, 1.82) is 0 Å². The number of rotatable bonds is 3. The van der Waals surface area contributed by atoms with Crippen LogP contribution < -0.4 is 21.1 Å². The van der Waals surface area contributed by atoms with Gasteiger partial charge >= 0.3 is 23.9 Å². The molecule has 0 bridgehead atoms. The predicted molar refractivity (Wildman–Crippen MR) is 228 cm³/mol. The van der Waals surface area contributed by atoms with Crippen molar-refractivity contribution >= 4 is 47.5 Å². The van der Waals surface area contributed by atoms with Crippen LogP contribution in [0.5, 0.6) is 5.75 Å². The SMILES string of the molecule is C#CC(C)(C)C.CC.CC(C)(C)C(=O)ON1C(=O)CCC1=O.CC(C)(C)C(=O)Oc1c(F)c(F)c(F)c(F)c1F.CC(C)(C)C(N)C(=O)O.CC(C)(C)C1SCC2NC(=O)NC21. The van der Waals surface area contributed by atoms with Gasteiger partial charge in [-0.05, 0) is 73.1 Å². The maximum absolute atomic E-state index is 13.2. The van der Waals surface area contributed by atoms with E-state index in [1.54, 1.807) is 41.5 Å². The Morgan fingerprint density at radius 2 is 1.15 bits per heavy atom. The summed E-state index contributed by atoms with van der Waals surface area (Å²) in [4.78, 5) is 70.9. The number of carboxylic acid groups (broad SMARTS) is 1. The molecule has 3 aliphatic heterocycles. The molecule has 1 aromatic carbocycles. The Hall–Kier alpha value is -4.44. The van der Waals surface area contributed by atoms with Crippen LogP contribution in [0.4, 0.5) is 26.7 Å². The van der Waals surface area contributed by atoms with Crippen molar-refractivity contribution in [3.8, 4) is 18.1 Å². The van der Waals surface area contributed by atoms with E-state index in [1.807, 2.05) is 46.4 Å². The Morgan fingerprint density at radius 3 is 1.45 bits per heavy atom. The number of nitrogens with zero attached hydrogens (tertiary/aromatic N) is 1. The van der Waals surface area contributed by atoms with Crippen LogP contribution in [0, 0.1) is 68.5 Å². The average Bonchev–Trinajstić information content (AvgIpc) is 3.81. The fourth-order valence-electron chi connectivity index (χ4n) is 4.25. The van der Waals surface area contributed by atoms with Gasteiger partial charge in [0.1, 0.15) is 6.04 Å². The minimum Gasteiger partial charge on any atom is -0.480 e. The highest BCUT2D eigenvalue weighted by Gasteiger charge is 2.47. The molecule has 1 aromatic rings. The number of carbonyl (C=O) groups excluding carboxylic acids is 5. The number of thioether (sulfide) groups is 1. The second-order valence-corrected chi connectivity index (χ2v) is 20.4. The minimum absolute atomic E-state index is 0.00421. The zero-order valence-corrected chi connectivity index (χ0v) is 39.9. The zero-order chi connectivity index (χ0) is 49.7. The molecule has 19 heteroatoms. The first kappa shape index (κ1) is 59.7. The third kappa shape index (κ3) is 19.3. The van der Waals surface area contributed by atoms with E-state index in [0.29, 0.717) is 22.4 Å². The van der Waals surface area contributed by atoms with Gasteiger partial charge in [0.2, 0.25) is 34.8 Å². The van der Waals surface area contributed by atoms with E-state index in [-0.39, 0.29) is 35.1 Å². The lowest BCUT2D eigenvalue weighted by Crippen LogP contribution is -2.42. The van der Waals surface area contributed by atoms with Gasteiger partial charge in [0.05, 0.1) is 22.9 Å². The van der Waals surface area contributed by atoms with Gasteiger partial charge in [-0.1, -0.05) is 55.4 Å². The molecule has 3 fully saturated rings. The number of fused-ring (bicyclic) bond motifs is 1. The van der Waals surface area contributed by atoms with Gasteiger partial charge in [-0.2, -0.15) is 20.5 Å². The summed E-state index contributed by atoms with van der Waals surface area (Å²) >= 11 is 1.97. The molecule has 0 saturated carbocycles. The van der Waals surface area contributed by atoms with E-state index in [4.69, 9.17) is 22.1 Å². The molecular weight excluding hydrogens is 844 g/mol. The van der Waals surface area contributed by atoms with Crippen LogP contribution in [-0.4, -0.2) is 75.1 Å². The van der Waals surface area contributed by atoms with Crippen molar-refractivity contribution in [3.05, 3.63) is 29.1 Å². The van der Waals surface area contributed by atoms with Gasteiger partial charge in [-0.3, -0.25) is 19.2 Å². The number of nitrogens with two attached hydrogens (primary N) is 1. The van der Waals surface area contributed by atoms with Crippen molar-refractivity contribution in [2.24, 2.45) is 32.8 Å². The summed E-state index contributed by atoms with van der Waals surface area (Å²) in [6.45, 7) is 31.2. The number of hydrogen-bond acceptors (Lipinski definition) is 10. The van der Waals surface area contributed by atoms with Crippen LogP contribution >= 0.6 is 11.8 Å². The number of aliphatic carboxylic acids is 1. The third-order valence-corrected chi connectivity index (χ3v) is 9.99. The summed E-state index contributed by atoms with van der Waals surface area (Å²) in [5, 5.41) is 15.4. The van der Waals surface area contributed by atoms with E-state index in [0.717, 1.165) is 5.75 Å². The second-order valence-electron chi connectivity index (χ2n) is 19.2. The average molecular weight is 911 g/mol. The fourth-order valence-corrected chi connectivity index (χ4v) is 5.92. The van der Waals surface area contributed by atoms with Crippen LogP contribution in [-0.2, 0) is 28.8 Å². The first-order valence-corrected chi connectivity index (χ1v) is 20.8. The van der Waals surface area contributed by atoms with Crippen LogP contribution in [0.2, 0.25) is 0 Å². The summed E-state index contributed by atoms with van der Waals surface area (Å²) in [7, 11) is 0. The lowest BCUT2D eigenvalue weighted by molar-refractivity contribution is -0.203. The van der Waals surface area contributed by atoms with Crippen LogP contribution in [0.25, 0.3) is 0 Å². The fraction of sp³-hybridized carbons (Fsp3) is 0.674. The molecule has 0 spiro atoms. The number of hydrogen-bond donors (Lipinski definition) is 4. The highest BCUT2D eigenvalue weighted by Crippen LogP contribution is 2.40. The summed E-state index contributed by atoms with van der Waals surface area (Å²) in [6, 6.07) is -0.0822. The monoisotopic (exact) mass is 910 g/mol. The number of nitrogens with one attached hydrogen (secondary N) is 2. The maximum Gasteiger partial charge on any atom is 0.338 e. The van der Waals surface area contributed by atoms with E-state index in [2.05, 4.69) is 42.1 Å². The standard InChI is InChI=1S/C11H9F5O2.C9H16N2OS.C9H13NO4.C6H13NO2.C6H10.C2H6/c1-11(2,3)10(17)18-9-7(15)5(13)4(12)6(14)8(9)16;1-9(2,3)7-6-5(4-13-7)10-8(12)11-6;1-9(2,3)8(13)14-10-6(11)4-5-7(10)12;1-6(2,3)4(7)5(8)9;1-5-6(2,3)4;1-2/h1-3H3;5-7H,4H2,1-3H3,(H2,10,11,12);4-5H2,1-3H3;4H,7H2,1-3H3,(H,8,9);1H,2-4H3;1-2H3. The molecule has 62 heavy (non-hydrogen) atoms. The van der Waals surface area contributed by atoms with Gasteiger partial charge in [0, 0.05) is 29.3 Å². The number of imide groups is 1. The van der Waals surface area contributed by atoms with Crippen LogP contribution in [0.3, 0.4) is 0 Å². The first-order chi connectivity index (χ1) is 27.8. The zero-order valence-electron chi connectivity index (χ0n) is 39.0. The van der Waals surface area contributed by atoms with Crippen molar-refractivity contribution in [2.75, 3.05) is 5.75 Å². The van der Waals surface area contributed by atoms with Gasteiger partial charge in [-0.15, -0.1) is 17.4 Å². The van der Waals surface area contributed by atoms with Crippen molar-refractivity contribution in [2.45, 2.75) is 154 Å². The predicted octanol–water partition coefficient (Wildman–Crippen LogP) is 8.31. The Bertz CT molecular complexity index is 1740. The number of carbonyl (C=O) groups is 6. The Morgan fingerprint density at radius 1 is 0.758 bits per heavy atom. The molecule has 4 atom stereocenters. The Kier molecular flexibility index (Phi) is 22.9. The Labute approximate surface area is 367 Å². The molecule has 0 radical (unpaired) electrons. The number of benzene rings is 1. The second kappa shape index (κ2) is 23.9. The summed E-state index contributed by atoms with van der Waals surface area (Å²) < 4.78 is 68.8. The van der Waals surface area contributed by atoms with Gasteiger partial charge in [-0.25, -0.2) is 22.8 Å². The number of ether oxygens (including phenoxy) is 1. The third-order valence-electron chi connectivity index (χ3n) is 8.08. The minimum atomic E-state index is -2.31. The number of terminal acetylenes is 1. The highest BCUT2D eigenvalue weighted by atomic mass is 32.2. The molecule has 3 saturated heterocycles. The van der Waals surface area contributed by atoms with E-state index in [9.17, 15) is 50.7 Å². The molecule has 4 rings (SSSR count). The lowest BCUT2D eigenvalue weighted by atomic mass is 9.86. The number of urea groups is 1. The van der Waals surface area contributed by atoms with Gasteiger partial charge in [0.25, 0.3) is 11.8 Å².